The van der Waals surface area contributed by atoms with Crippen molar-refractivity contribution in [1.29, 1.82) is 0 Å². The van der Waals surface area contributed by atoms with Crippen LogP contribution in [0.3, 0.4) is 0 Å². The number of benzene rings is 1. The van der Waals surface area contributed by atoms with E-state index in [1.54, 1.807) is 17.9 Å². The average Bonchev–Trinajstić information content (AvgIpc) is 2.76. The number of nitrogens with one attached hydrogen (secondary N) is 1. The fraction of sp³-hybridized carbons (Fsp3) is 0.250. The monoisotopic (exact) mass is 365 g/mol. The maximum absolute atomic E-state index is 12.4. The summed E-state index contributed by atoms with van der Waals surface area (Å²) >= 11 is 9.07. The minimum atomic E-state index is -2.91. The molecule has 1 aromatic carbocycles. The van der Waals surface area contributed by atoms with Crippen LogP contribution in [0.1, 0.15) is 5.56 Å². The molecule has 1 aromatic heterocycles. The number of aromatic nitrogens is 2. The summed E-state index contributed by atoms with van der Waals surface area (Å²) in [6.45, 7) is -2.49. The summed E-state index contributed by atoms with van der Waals surface area (Å²) in [5, 5.41) is 7.44. The predicted octanol–water partition coefficient (Wildman–Crippen LogP) is 4.05. The summed E-state index contributed by atoms with van der Waals surface area (Å²) in [7, 11) is 1.80. The number of aryl methyl sites for hydroxylation is 1. The van der Waals surface area contributed by atoms with Gasteiger partial charge in [0.25, 0.3) is 0 Å². The molecular formula is C12H11BrClF2N3O. The molecule has 1 heterocycles. The topological polar surface area (TPSA) is 39.1 Å². The lowest BCUT2D eigenvalue weighted by Gasteiger charge is -2.14. The summed E-state index contributed by atoms with van der Waals surface area (Å²) in [6, 6.07) is 3.02. The number of hydrogen-bond donors (Lipinski definition) is 1. The molecule has 0 aliphatic carbocycles. The first-order valence-corrected chi connectivity index (χ1v) is 6.78. The molecule has 2 aromatic rings. The van der Waals surface area contributed by atoms with E-state index in [0.29, 0.717) is 21.7 Å². The van der Waals surface area contributed by atoms with Gasteiger partial charge in [-0.2, -0.15) is 13.9 Å². The summed E-state index contributed by atoms with van der Waals surface area (Å²) in [6.07, 6.45) is 3.50. The number of ether oxygens (including phenoxy) is 1. The smallest absolute Gasteiger partial charge is 0.387 e. The molecule has 0 unspecified atom stereocenters. The third-order valence-corrected chi connectivity index (χ3v) is 3.26. The maximum Gasteiger partial charge on any atom is 0.387 e. The zero-order chi connectivity index (χ0) is 14.7. The van der Waals surface area contributed by atoms with E-state index >= 15 is 0 Å². The average molecular weight is 367 g/mol. The van der Waals surface area contributed by atoms with Gasteiger partial charge < -0.3 is 10.1 Å². The lowest BCUT2D eigenvalue weighted by Crippen LogP contribution is -2.07. The quantitative estimate of drug-likeness (QED) is 0.868. The van der Waals surface area contributed by atoms with Gasteiger partial charge in [-0.1, -0.05) is 11.6 Å². The number of alkyl halides is 2. The first-order chi connectivity index (χ1) is 9.45. The Morgan fingerprint density at radius 1 is 1.50 bits per heavy atom. The van der Waals surface area contributed by atoms with Crippen LogP contribution in [0.2, 0.25) is 5.02 Å². The van der Waals surface area contributed by atoms with E-state index in [2.05, 4.69) is 31.1 Å². The predicted molar refractivity (Wildman–Crippen MR) is 76.3 cm³/mol. The van der Waals surface area contributed by atoms with Crippen LogP contribution < -0.4 is 10.1 Å². The van der Waals surface area contributed by atoms with Gasteiger partial charge in [0.2, 0.25) is 0 Å². The van der Waals surface area contributed by atoms with Gasteiger partial charge >= 0.3 is 6.61 Å². The fourth-order valence-electron chi connectivity index (χ4n) is 1.66. The molecule has 0 aliphatic heterocycles. The molecule has 2 rings (SSSR count). The Morgan fingerprint density at radius 2 is 2.25 bits per heavy atom. The van der Waals surface area contributed by atoms with Crippen molar-refractivity contribution >= 4 is 33.2 Å². The normalized spacial score (nSPS) is 10.9. The second-order valence-corrected chi connectivity index (χ2v) is 5.31. The SMILES string of the molecule is Cn1cc(CNc2cc(Cl)cc(Br)c2OC(F)F)cn1. The third-order valence-electron chi connectivity index (χ3n) is 2.46. The molecule has 20 heavy (non-hydrogen) atoms. The van der Waals surface area contributed by atoms with Crippen LogP contribution in [0.15, 0.2) is 29.0 Å². The molecule has 0 fully saturated rings. The Bertz CT molecular complexity index is 606. The minimum absolute atomic E-state index is 0.0216. The van der Waals surface area contributed by atoms with Gasteiger partial charge in [-0.25, -0.2) is 0 Å². The molecule has 0 amide bonds. The van der Waals surface area contributed by atoms with Crippen LogP contribution in [-0.2, 0) is 13.6 Å². The Hall–Kier alpha value is -1.34. The Kier molecular flexibility index (Phi) is 4.82. The van der Waals surface area contributed by atoms with Crippen molar-refractivity contribution in [1.82, 2.24) is 9.78 Å². The van der Waals surface area contributed by atoms with E-state index in [4.69, 9.17) is 11.6 Å². The zero-order valence-electron chi connectivity index (χ0n) is 10.4. The standard InChI is InChI=1S/C12H11BrClF2N3O/c1-19-6-7(5-18-19)4-17-10-3-8(14)2-9(13)11(10)20-12(15)16/h2-3,5-6,12,17H,4H2,1H3. The van der Waals surface area contributed by atoms with Gasteiger partial charge in [0, 0.05) is 30.4 Å². The minimum Gasteiger partial charge on any atom is -0.431 e. The van der Waals surface area contributed by atoms with Crippen LogP contribution >= 0.6 is 27.5 Å². The number of rotatable bonds is 5. The summed E-state index contributed by atoms with van der Waals surface area (Å²) in [5.74, 6) is 0.0216. The highest BCUT2D eigenvalue weighted by Gasteiger charge is 2.15. The van der Waals surface area contributed by atoms with E-state index < -0.39 is 6.61 Å². The molecule has 1 N–H and O–H groups in total. The Balaban J connectivity index is 2.20. The second-order valence-electron chi connectivity index (χ2n) is 4.02. The summed E-state index contributed by atoms with van der Waals surface area (Å²) in [4.78, 5) is 0. The number of hydrogen-bond acceptors (Lipinski definition) is 3. The van der Waals surface area contributed by atoms with Gasteiger partial charge in [-0.05, 0) is 28.1 Å². The van der Waals surface area contributed by atoms with Crippen LogP contribution in [0, 0.1) is 0 Å². The molecule has 0 bridgehead atoms. The van der Waals surface area contributed by atoms with Crippen molar-refractivity contribution in [2.45, 2.75) is 13.2 Å². The fourth-order valence-corrected chi connectivity index (χ4v) is 2.56. The van der Waals surface area contributed by atoms with Gasteiger partial charge in [-0.3, -0.25) is 4.68 Å². The zero-order valence-corrected chi connectivity index (χ0v) is 12.8. The van der Waals surface area contributed by atoms with E-state index in [-0.39, 0.29) is 5.75 Å². The van der Waals surface area contributed by atoms with Gasteiger partial charge in [0.1, 0.15) is 0 Å². The molecule has 0 saturated carbocycles. The Morgan fingerprint density at radius 3 is 2.85 bits per heavy atom. The van der Waals surface area contributed by atoms with E-state index in [1.165, 1.54) is 12.1 Å². The van der Waals surface area contributed by atoms with Crippen molar-refractivity contribution < 1.29 is 13.5 Å². The van der Waals surface area contributed by atoms with E-state index in [1.807, 2.05) is 6.20 Å². The number of halogens is 4. The van der Waals surface area contributed by atoms with E-state index in [0.717, 1.165) is 5.56 Å². The second kappa shape index (κ2) is 6.41. The number of nitrogens with zero attached hydrogens (tertiary/aromatic N) is 2. The van der Waals surface area contributed by atoms with Gasteiger partial charge in [0.15, 0.2) is 5.75 Å². The van der Waals surface area contributed by atoms with Crippen molar-refractivity contribution in [3.63, 3.8) is 0 Å². The van der Waals surface area contributed by atoms with Gasteiger partial charge in [-0.15, -0.1) is 0 Å². The van der Waals surface area contributed by atoms with Crippen LogP contribution in [-0.4, -0.2) is 16.4 Å². The van der Waals surface area contributed by atoms with Crippen molar-refractivity contribution in [3.8, 4) is 5.75 Å². The molecule has 0 atom stereocenters. The van der Waals surface area contributed by atoms with E-state index in [9.17, 15) is 8.78 Å². The Labute approximate surface area is 127 Å². The molecule has 0 spiro atoms. The first kappa shape index (κ1) is 15.1. The van der Waals surface area contributed by atoms with Crippen molar-refractivity contribution in [2.75, 3.05) is 5.32 Å². The van der Waals surface area contributed by atoms with Crippen molar-refractivity contribution in [2.24, 2.45) is 7.05 Å². The summed E-state index contributed by atoms with van der Waals surface area (Å²) in [5.41, 5.74) is 1.29. The lowest BCUT2D eigenvalue weighted by atomic mass is 10.2. The molecule has 108 valence electrons. The highest BCUT2D eigenvalue weighted by molar-refractivity contribution is 9.10. The highest BCUT2D eigenvalue weighted by atomic mass is 79.9. The molecule has 8 heteroatoms. The largest absolute Gasteiger partial charge is 0.431 e. The molecule has 0 aliphatic rings. The summed E-state index contributed by atoms with van der Waals surface area (Å²) < 4.78 is 31.4. The van der Waals surface area contributed by atoms with Gasteiger partial charge in [0.05, 0.1) is 16.4 Å². The molecular weight excluding hydrogens is 356 g/mol. The van der Waals surface area contributed by atoms with Crippen molar-refractivity contribution in [3.05, 3.63) is 39.6 Å². The van der Waals surface area contributed by atoms with Crippen LogP contribution in [0.5, 0.6) is 5.75 Å². The molecule has 4 nitrogen and oxygen atoms in total. The maximum atomic E-state index is 12.4. The van der Waals surface area contributed by atoms with Crippen LogP contribution in [0.4, 0.5) is 14.5 Å². The third kappa shape index (κ3) is 3.83. The van der Waals surface area contributed by atoms with Crippen LogP contribution in [0.25, 0.3) is 0 Å². The lowest BCUT2D eigenvalue weighted by molar-refractivity contribution is -0.0498. The highest BCUT2D eigenvalue weighted by Crippen LogP contribution is 2.37. The first-order valence-electron chi connectivity index (χ1n) is 5.61. The molecule has 0 saturated heterocycles. The molecule has 0 radical (unpaired) electrons. The number of anilines is 1.